The van der Waals surface area contributed by atoms with Crippen LogP contribution in [0.15, 0.2) is 24.3 Å². The van der Waals surface area contributed by atoms with Crippen LogP contribution in [0.25, 0.3) is 0 Å². The van der Waals surface area contributed by atoms with Gasteiger partial charge in [-0.3, -0.25) is 9.59 Å². The lowest BCUT2D eigenvalue weighted by Crippen LogP contribution is -2.44. The van der Waals surface area contributed by atoms with Gasteiger partial charge in [0.2, 0.25) is 5.91 Å². The summed E-state index contributed by atoms with van der Waals surface area (Å²) < 4.78 is 0. The van der Waals surface area contributed by atoms with Crippen LogP contribution in [0.4, 0.5) is 0 Å². The molecule has 1 rings (SSSR count). The van der Waals surface area contributed by atoms with E-state index >= 15 is 0 Å². The van der Waals surface area contributed by atoms with E-state index in [0.29, 0.717) is 10.6 Å². The number of benzene rings is 1. The summed E-state index contributed by atoms with van der Waals surface area (Å²) in [6, 6.07) is 6.39. The van der Waals surface area contributed by atoms with Crippen LogP contribution in [0.1, 0.15) is 24.2 Å². The Morgan fingerprint density at radius 3 is 2.35 bits per heavy atom. The number of hydrogen-bond acceptors (Lipinski definition) is 3. The average Bonchev–Trinajstić information content (AvgIpc) is 2.34. The summed E-state index contributed by atoms with van der Waals surface area (Å²) in [5.41, 5.74) is -0.530. The Balaban J connectivity index is 2.48. The highest BCUT2D eigenvalue weighted by Gasteiger charge is 2.19. The van der Waals surface area contributed by atoms with E-state index in [2.05, 4.69) is 5.32 Å². The summed E-state index contributed by atoms with van der Waals surface area (Å²) in [5.74, 6) is -0.610. The lowest BCUT2D eigenvalue weighted by Gasteiger charge is -2.25. The van der Waals surface area contributed by atoms with E-state index in [1.165, 1.54) is 4.90 Å². The molecule has 0 aliphatic heterocycles. The third-order valence-corrected chi connectivity index (χ3v) is 2.81. The van der Waals surface area contributed by atoms with Crippen molar-refractivity contribution in [3.63, 3.8) is 0 Å². The lowest BCUT2D eigenvalue weighted by molar-refractivity contribution is -0.131. The fourth-order valence-corrected chi connectivity index (χ4v) is 1.79. The maximum Gasteiger partial charge on any atom is 0.251 e. The lowest BCUT2D eigenvalue weighted by atomic mass is 10.1. The van der Waals surface area contributed by atoms with Gasteiger partial charge in [0.15, 0.2) is 0 Å². The third kappa shape index (κ3) is 5.59. The van der Waals surface area contributed by atoms with Crippen LogP contribution >= 0.6 is 11.6 Å². The fraction of sp³-hybridized carbons (Fsp3) is 0.429. The van der Waals surface area contributed by atoms with Crippen molar-refractivity contribution in [2.75, 3.05) is 20.1 Å². The van der Waals surface area contributed by atoms with Crippen LogP contribution in [-0.2, 0) is 4.79 Å². The summed E-state index contributed by atoms with van der Waals surface area (Å²) in [5, 5.41) is 12.7. The zero-order chi connectivity index (χ0) is 15.3. The van der Waals surface area contributed by atoms with Crippen LogP contribution < -0.4 is 5.32 Å². The van der Waals surface area contributed by atoms with Gasteiger partial charge in [-0.1, -0.05) is 11.6 Å². The number of nitrogens with zero attached hydrogens (tertiary/aromatic N) is 1. The maximum atomic E-state index is 11.8. The minimum Gasteiger partial charge on any atom is -0.389 e. The Kier molecular flexibility index (Phi) is 5.53. The molecule has 0 aliphatic carbocycles. The van der Waals surface area contributed by atoms with Crippen molar-refractivity contribution in [1.29, 1.82) is 0 Å². The number of likely N-dealkylation sites (N-methyl/N-ethyl adjacent to an activating group) is 1. The van der Waals surface area contributed by atoms with Crippen molar-refractivity contribution in [2.24, 2.45) is 0 Å². The standard InChI is InChI=1S/C14H19ClN2O3/c1-14(2,20)9-17(3)12(18)8-16-13(19)10-4-6-11(15)7-5-10/h4-7,20H,8-9H2,1-3H3,(H,16,19). The molecule has 0 fully saturated rings. The summed E-state index contributed by atoms with van der Waals surface area (Å²) in [7, 11) is 1.58. The van der Waals surface area contributed by atoms with E-state index in [9.17, 15) is 14.7 Å². The van der Waals surface area contributed by atoms with Gasteiger partial charge in [-0.15, -0.1) is 0 Å². The minimum absolute atomic E-state index is 0.117. The van der Waals surface area contributed by atoms with Gasteiger partial charge in [0.05, 0.1) is 12.1 Å². The van der Waals surface area contributed by atoms with Crippen LogP contribution in [0, 0.1) is 0 Å². The summed E-state index contributed by atoms with van der Waals surface area (Å²) in [6.45, 7) is 3.31. The molecule has 1 aromatic rings. The highest BCUT2D eigenvalue weighted by atomic mass is 35.5. The molecule has 0 atom stereocenters. The van der Waals surface area contributed by atoms with Gasteiger partial charge in [0.25, 0.3) is 5.91 Å². The van der Waals surface area contributed by atoms with Crippen molar-refractivity contribution in [1.82, 2.24) is 10.2 Å². The highest BCUT2D eigenvalue weighted by molar-refractivity contribution is 6.30. The highest BCUT2D eigenvalue weighted by Crippen LogP contribution is 2.09. The molecule has 0 saturated heterocycles. The van der Waals surface area contributed by atoms with E-state index in [4.69, 9.17) is 11.6 Å². The summed E-state index contributed by atoms with van der Waals surface area (Å²) in [6.07, 6.45) is 0. The first-order chi connectivity index (χ1) is 9.19. The van der Waals surface area contributed by atoms with Crippen LogP contribution in [0.2, 0.25) is 5.02 Å². The molecule has 0 heterocycles. The second kappa shape index (κ2) is 6.72. The zero-order valence-electron chi connectivity index (χ0n) is 11.8. The number of amides is 2. The molecule has 0 unspecified atom stereocenters. The first kappa shape index (κ1) is 16.5. The van der Waals surface area contributed by atoms with E-state index < -0.39 is 5.60 Å². The molecule has 5 nitrogen and oxygen atoms in total. The molecule has 110 valence electrons. The molecule has 2 N–H and O–H groups in total. The van der Waals surface area contributed by atoms with E-state index in [0.717, 1.165) is 0 Å². The largest absolute Gasteiger partial charge is 0.389 e. The van der Waals surface area contributed by atoms with E-state index in [1.807, 2.05) is 0 Å². The van der Waals surface area contributed by atoms with Gasteiger partial charge >= 0.3 is 0 Å². The Morgan fingerprint density at radius 1 is 1.30 bits per heavy atom. The number of hydrogen-bond donors (Lipinski definition) is 2. The second-order valence-electron chi connectivity index (χ2n) is 5.25. The van der Waals surface area contributed by atoms with Crippen molar-refractivity contribution in [2.45, 2.75) is 19.4 Å². The molecule has 0 bridgehead atoms. The van der Waals surface area contributed by atoms with Gasteiger partial charge in [0, 0.05) is 24.2 Å². The van der Waals surface area contributed by atoms with Crippen molar-refractivity contribution in [3.05, 3.63) is 34.9 Å². The smallest absolute Gasteiger partial charge is 0.251 e. The van der Waals surface area contributed by atoms with Gasteiger partial charge < -0.3 is 15.3 Å². The molecule has 0 spiro atoms. The Morgan fingerprint density at radius 2 is 1.85 bits per heavy atom. The van der Waals surface area contributed by atoms with E-state index in [1.54, 1.807) is 45.2 Å². The molecule has 1 aromatic carbocycles. The van der Waals surface area contributed by atoms with Gasteiger partial charge in [0.1, 0.15) is 0 Å². The van der Waals surface area contributed by atoms with Gasteiger partial charge in [-0.25, -0.2) is 0 Å². The molecule has 0 aromatic heterocycles. The monoisotopic (exact) mass is 298 g/mol. The van der Waals surface area contributed by atoms with Crippen molar-refractivity contribution in [3.8, 4) is 0 Å². The number of nitrogens with one attached hydrogen (secondary N) is 1. The SMILES string of the molecule is CN(CC(C)(C)O)C(=O)CNC(=O)c1ccc(Cl)cc1. The number of halogens is 1. The third-order valence-electron chi connectivity index (χ3n) is 2.56. The number of carbonyl (C=O) groups excluding carboxylic acids is 2. The molecule has 0 aliphatic rings. The van der Waals surface area contributed by atoms with Crippen molar-refractivity contribution >= 4 is 23.4 Å². The first-order valence-corrected chi connectivity index (χ1v) is 6.57. The van der Waals surface area contributed by atoms with E-state index in [-0.39, 0.29) is 24.9 Å². The predicted octanol–water partition coefficient (Wildman–Crippen LogP) is 1.30. The maximum absolute atomic E-state index is 11.8. The summed E-state index contributed by atoms with van der Waals surface area (Å²) in [4.78, 5) is 25.0. The fourth-order valence-electron chi connectivity index (χ4n) is 1.66. The number of carbonyl (C=O) groups is 2. The Labute approximate surface area is 123 Å². The quantitative estimate of drug-likeness (QED) is 0.861. The summed E-state index contributed by atoms with van der Waals surface area (Å²) >= 11 is 5.73. The Hall–Kier alpha value is -1.59. The average molecular weight is 299 g/mol. The number of rotatable bonds is 5. The van der Waals surface area contributed by atoms with Crippen LogP contribution in [0.3, 0.4) is 0 Å². The molecule has 20 heavy (non-hydrogen) atoms. The first-order valence-electron chi connectivity index (χ1n) is 6.19. The molecular weight excluding hydrogens is 280 g/mol. The topological polar surface area (TPSA) is 69.6 Å². The molecule has 0 saturated carbocycles. The number of aliphatic hydroxyl groups is 1. The van der Waals surface area contributed by atoms with Gasteiger partial charge in [-0.05, 0) is 38.1 Å². The zero-order valence-corrected chi connectivity index (χ0v) is 12.6. The normalized spacial score (nSPS) is 11.1. The molecule has 6 heteroatoms. The van der Waals surface area contributed by atoms with Crippen molar-refractivity contribution < 1.29 is 14.7 Å². The molecular formula is C14H19ClN2O3. The van der Waals surface area contributed by atoms with Gasteiger partial charge in [-0.2, -0.15) is 0 Å². The molecule has 2 amide bonds. The second-order valence-corrected chi connectivity index (χ2v) is 5.69. The minimum atomic E-state index is -0.968. The van der Waals surface area contributed by atoms with Crippen LogP contribution in [-0.4, -0.2) is 47.6 Å². The predicted molar refractivity (Wildman–Crippen MR) is 77.7 cm³/mol. The Bertz CT molecular complexity index is 480. The molecule has 0 radical (unpaired) electrons. The van der Waals surface area contributed by atoms with Crippen LogP contribution in [0.5, 0.6) is 0 Å².